The molecule has 4 nitrogen and oxygen atoms in total. The van der Waals surface area contributed by atoms with Gasteiger partial charge in [0.1, 0.15) is 5.75 Å². The third-order valence-electron chi connectivity index (χ3n) is 2.82. The Morgan fingerprint density at radius 3 is 2.45 bits per heavy atom. The molecular weight excluding hydrogens is 347 g/mol. The van der Waals surface area contributed by atoms with E-state index in [2.05, 4.69) is 10.6 Å². The highest BCUT2D eigenvalue weighted by atomic mass is 35.5. The van der Waals surface area contributed by atoms with Crippen molar-refractivity contribution in [1.29, 1.82) is 0 Å². The van der Waals surface area contributed by atoms with Crippen LogP contribution in [0.3, 0.4) is 0 Å². The standard InChI is InChI=1S/C15H13Cl3N2O2/c1-22-13-6-5-9(16)7-12(13)20-14(21)8-19-15-10(17)3-2-4-11(15)18/h2-7,19H,8H2,1H3,(H,20,21). The number of methoxy groups -OCH3 is 1. The minimum atomic E-state index is -0.281. The van der Waals surface area contributed by atoms with Gasteiger partial charge in [-0.05, 0) is 30.3 Å². The highest BCUT2D eigenvalue weighted by Gasteiger charge is 2.10. The number of para-hydroxylation sites is 1. The van der Waals surface area contributed by atoms with E-state index in [9.17, 15) is 4.79 Å². The number of hydrogen-bond donors (Lipinski definition) is 2. The molecule has 0 aliphatic carbocycles. The molecule has 0 unspecified atom stereocenters. The molecule has 7 heteroatoms. The van der Waals surface area contributed by atoms with Gasteiger partial charge in [0.25, 0.3) is 0 Å². The number of rotatable bonds is 5. The lowest BCUT2D eigenvalue weighted by molar-refractivity contribution is -0.114. The summed E-state index contributed by atoms with van der Waals surface area (Å²) in [6.07, 6.45) is 0. The van der Waals surface area contributed by atoms with Gasteiger partial charge in [-0.2, -0.15) is 0 Å². The Hall–Kier alpha value is -1.62. The highest BCUT2D eigenvalue weighted by Crippen LogP contribution is 2.30. The maximum atomic E-state index is 12.0. The topological polar surface area (TPSA) is 50.4 Å². The molecule has 2 N–H and O–H groups in total. The van der Waals surface area contributed by atoms with E-state index in [1.165, 1.54) is 7.11 Å². The molecule has 0 aliphatic rings. The second-order valence-corrected chi connectivity index (χ2v) is 5.59. The van der Waals surface area contributed by atoms with E-state index in [1.54, 1.807) is 36.4 Å². The molecule has 0 saturated carbocycles. The monoisotopic (exact) mass is 358 g/mol. The summed E-state index contributed by atoms with van der Waals surface area (Å²) < 4.78 is 5.17. The van der Waals surface area contributed by atoms with Gasteiger partial charge in [0.05, 0.1) is 35.1 Å². The van der Waals surface area contributed by atoms with Gasteiger partial charge in [-0.15, -0.1) is 0 Å². The predicted octanol–water partition coefficient (Wildman–Crippen LogP) is 4.71. The molecule has 2 aromatic rings. The van der Waals surface area contributed by atoms with Crippen molar-refractivity contribution in [3.63, 3.8) is 0 Å². The number of ether oxygens (including phenoxy) is 1. The summed E-state index contributed by atoms with van der Waals surface area (Å²) in [5.41, 5.74) is 1.01. The number of nitrogens with one attached hydrogen (secondary N) is 2. The van der Waals surface area contributed by atoms with Crippen molar-refractivity contribution in [2.24, 2.45) is 0 Å². The average Bonchev–Trinajstić information content (AvgIpc) is 2.47. The van der Waals surface area contributed by atoms with Gasteiger partial charge < -0.3 is 15.4 Å². The summed E-state index contributed by atoms with van der Waals surface area (Å²) in [6, 6.07) is 10.1. The minimum Gasteiger partial charge on any atom is -0.495 e. The molecule has 0 atom stereocenters. The largest absolute Gasteiger partial charge is 0.495 e. The number of amides is 1. The molecule has 0 radical (unpaired) electrons. The first-order chi connectivity index (χ1) is 10.5. The Labute approximate surface area is 143 Å². The first kappa shape index (κ1) is 16.7. The lowest BCUT2D eigenvalue weighted by Gasteiger charge is -2.12. The van der Waals surface area contributed by atoms with Crippen LogP contribution in [0.1, 0.15) is 0 Å². The molecule has 0 bridgehead atoms. The third-order valence-corrected chi connectivity index (χ3v) is 3.69. The minimum absolute atomic E-state index is 0.000872. The molecule has 22 heavy (non-hydrogen) atoms. The Balaban J connectivity index is 2.03. The maximum absolute atomic E-state index is 12.0. The van der Waals surface area contributed by atoms with E-state index in [0.717, 1.165) is 0 Å². The van der Waals surface area contributed by atoms with Crippen LogP contribution >= 0.6 is 34.8 Å². The van der Waals surface area contributed by atoms with Crippen LogP contribution in [-0.2, 0) is 4.79 Å². The second kappa shape index (κ2) is 7.58. The average molecular weight is 360 g/mol. The molecule has 0 saturated heterocycles. The lowest BCUT2D eigenvalue weighted by atomic mass is 10.3. The molecule has 0 aromatic heterocycles. The van der Waals surface area contributed by atoms with E-state index in [4.69, 9.17) is 39.5 Å². The quantitative estimate of drug-likeness (QED) is 0.813. The van der Waals surface area contributed by atoms with Crippen molar-refractivity contribution in [3.05, 3.63) is 51.5 Å². The summed E-state index contributed by atoms with van der Waals surface area (Å²) in [7, 11) is 1.51. The summed E-state index contributed by atoms with van der Waals surface area (Å²) in [5.74, 6) is 0.241. The fourth-order valence-corrected chi connectivity index (χ4v) is 2.51. The van der Waals surface area contributed by atoms with Gasteiger partial charge in [0.2, 0.25) is 5.91 Å². The molecule has 0 spiro atoms. The summed E-state index contributed by atoms with van der Waals surface area (Å²) in [5, 5.41) is 7.01. The van der Waals surface area contributed by atoms with E-state index in [-0.39, 0.29) is 12.5 Å². The van der Waals surface area contributed by atoms with Crippen LogP contribution in [0.15, 0.2) is 36.4 Å². The normalized spacial score (nSPS) is 10.2. The Morgan fingerprint density at radius 2 is 1.82 bits per heavy atom. The molecule has 0 heterocycles. The van der Waals surface area contributed by atoms with Crippen LogP contribution in [0, 0.1) is 0 Å². The van der Waals surface area contributed by atoms with Crippen LogP contribution in [0.25, 0.3) is 0 Å². The predicted molar refractivity (Wildman–Crippen MR) is 91.6 cm³/mol. The SMILES string of the molecule is COc1ccc(Cl)cc1NC(=O)CNc1c(Cl)cccc1Cl. The zero-order chi connectivity index (χ0) is 16.1. The van der Waals surface area contributed by atoms with Crippen LogP contribution in [-0.4, -0.2) is 19.6 Å². The van der Waals surface area contributed by atoms with Crippen LogP contribution in [0.4, 0.5) is 11.4 Å². The van der Waals surface area contributed by atoms with E-state index >= 15 is 0 Å². The van der Waals surface area contributed by atoms with Crippen molar-refractivity contribution in [3.8, 4) is 5.75 Å². The number of benzene rings is 2. The Bertz CT molecular complexity index is 672. The maximum Gasteiger partial charge on any atom is 0.243 e. The molecule has 2 rings (SSSR count). The molecule has 2 aromatic carbocycles. The zero-order valence-corrected chi connectivity index (χ0v) is 13.9. The summed E-state index contributed by atoms with van der Waals surface area (Å²) in [4.78, 5) is 12.0. The van der Waals surface area contributed by atoms with Crippen LogP contribution in [0.5, 0.6) is 5.75 Å². The van der Waals surface area contributed by atoms with E-state index in [0.29, 0.717) is 32.2 Å². The Kier molecular flexibility index (Phi) is 5.77. The fourth-order valence-electron chi connectivity index (χ4n) is 1.81. The molecule has 0 aliphatic heterocycles. The number of carbonyl (C=O) groups excluding carboxylic acids is 1. The van der Waals surface area contributed by atoms with Gasteiger partial charge in [0.15, 0.2) is 0 Å². The Morgan fingerprint density at radius 1 is 1.14 bits per heavy atom. The molecular formula is C15H13Cl3N2O2. The lowest BCUT2D eigenvalue weighted by Crippen LogP contribution is -2.22. The molecule has 0 fully saturated rings. The molecule has 1 amide bonds. The number of halogens is 3. The number of anilines is 2. The first-order valence-corrected chi connectivity index (χ1v) is 7.46. The van der Waals surface area contributed by atoms with Gasteiger partial charge in [0, 0.05) is 5.02 Å². The second-order valence-electron chi connectivity index (χ2n) is 4.34. The zero-order valence-electron chi connectivity index (χ0n) is 11.6. The van der Waals surface area contributed by atoms with Gasteiger partial charge in [-0.25, -0.2) is 0 Å². The van der Waals surface area contributed by atoms with Crippen molar-refractivity contribution >= 4 is 52.1 Å². The molecule has 116 valence electrons. The summed E-state index contributed by atoms with van der Waals surface area (Å²) in [6.45, 7) is -0.000872. The van der Waals surface area contributed by atoms with Crippen LogP contribution in [0.2, 0.25) is 15.1 Å². The van der Waals surface area contributed by atoms with E-state index < -0.39 is 0 Å². The van der Waals surface area contributed by atoms with Gasteiger partial charge >= 0.3 is 0 Å². The van der Waals surface area contributed by atoms with Crippen LogP contribution < -0.4 is 15.4 Å². The number of hydrogen-bond acceptors (Lipinski definition) is 3. The number of carbonyl (C=O) groups is 1. The first-order valence-electron chi connectivity index (χ1n) is 6.32. The summed E-state index contributed by atoms with van der Waals surface area (Å²) >= 11 is 18.0. The van der Waals surface area contributed by atoms with Crippen molar-refractivity contribution in [2.75, 3.05) is 24.3 Å². The van der Waals surface area contributed by atoms with E-state index in [1.807, 2.05) is 0 Å². The van der Waals surface area contributed by atoms with Gasteiger partial charge in [-0.3, -0.25) is 4.79 Å². The van der Waals surface area contributed by atoms with Crippen molar-refractivity contribution < 1.29 is 9.53 Å². The smallest absolute Gasteiger partial charge is 0.243 e. The van der Waals surface area contributed by atoms with Crippen molar-refractivity contribution in [1.82, 2.24) is 0 Å². The highest BCUT2D eigenvalue weighted by molar-refractivity contribution is 6.39. The fraction of sp³-hybridized carbons (Fsp3) is 0.133. The van der Waals surface area contributed by atoms with Gasteiger partial charge in [-0.1, -0.05) is 40.9 Å². The third kappa shape index (κ3) is 4.19. The van der Waals surface area contributed by atoms with Crippen molar-refractivity contribution in [2.45, 2.75) is 0 Å².